The number of ketones is 2. The van der Waals surface area contributed by atoms with Crippen LogP contribution in [0.25, 0.3) is 0 Å². The molecule has 0 unspecified atom stereocenters. The van der Waals surface area contributed by atoms with Crippen LogP contribution in [0.3, 0.4) is 0 Å². The Hall–Kier alpha value is -0.660. The average Bonchev–Trinajstić information content (AvgIpc) is 2.15. The molecule has 0 aromatic rings. The van der Waals surface area contributed by atoms with Crippen LogP contribution in [0.15, 0.2) is 0 Å². The summed E-state index contributed by atoms with van der Waals surface area (Å²) < 4.78 is 0. The second-order valence-corrected chi connectivity index (χ2v) is 3.88. The summed E-state index contributed by atoms with van der Waals surface area (Å²) in [6.07, 6.45) is 5.67. The Morgan fingerprint density at radius 3 is 2.54 bits per heavy atom. The molecule has 1 rings (SSSR count). The molecule has 0 aromatic heterocycles. The molecule has 2 heteroatoms. The van der Waals surface area contributed by atoms with Gasteiger partial charge >= 0.3 is 0 Å². The molecule has 13 heavy (non-hydrogen) atoms. The van der Waals surface area contributed by atoms with Gasteiger partial charge in [0.1, 0.15) is 11.6 Å². The molecule has 0 aliphatic heterocycles. The fraction of sp³-hybridized carbons (Fsp3) is 0.818. The van der Waals surface area contributed by atoms with Crippen molar-refractivity contribution in [2.75, 3.05) is 0 Å². The summed E-state index contributed by atoms with van der Waals surface area (Å²) in [5, 5.41) is 0. The van der Waals surface area contributed by atoms with Gasteiger partial charge in [-0.15, -0.1) is 0 Å². The van der Waals surface area contributed by atoms with Crippen molar-refractivity contribution >= 4 is 11.6 Å². The predicted molar refractivity (Wildman–Crippen MR) is 51.5 cm³/mol. The maximum atomic E-state index is 11.6. The molecule has 0 amide bonds. The predicted octanol–water partition coefficient (Wildman–Crippen LogP) is 2.51. The van der Waals surface area contributed by atoms with E-state index in [-0.39, 0.29) is 5.92 Å². The maximum Gasteiger partial charge on any atom is 0.136 e. The minimum Gasteiger partial charge on any atom is -0.300 e. The molecule has 1 aliphatic carbocycles. The molecule has 2 nitrogen and oxygen atoms in total. The monoisotopic (exact) mass is 182 g/mol. The highest BCUT2D eigenvalue weighted by Crippen LogP contribution is 2.23. The second-order valence-electron chi connectivity index (χ2n) is 3.88. The van der Waals surface area contributed by atoms with Gasteiger partial charge in [-0.25, -0.2) is 0 Å². The Morgan fingerprint density at radius 1 is 1.38 bits per heavy atom. The van der Waals surface area contributed by atoms with Crippen LogP contribution in [0.5, 0.6) is 0 Å². The van der Waals surface area contributed by atoms with Crippen LogP contribution in [0, 0.1) is 5.92 Å². The zero-order valence-electron chi connectivity index (χ0n) is 8.34. The maximum absolute atomic E-state index is 11.6. The van der Waals surface area contributed by atoms with Crippen molar-refractivity contribution in [2.45, 2.75) is 51.9 Å². The molecule has 0 radical (unpaired) electrons. The Balaban J connectivity index is 2.27. The summed E-state index contributed by atoms with van der Waals surface area (Å²) in [5.41, 5.74) is 0. The van der Waals surface area contributed by atoms with Gasteiger partial charge in [-0.2, -0.15) is 0 Å². The lowest BCUT2D eigenvalue weighted by molar-refractivity contribution is -0.127. The van der Waals surface area contributed by atoms with Gasteiger partial charge in [-0.05, 0) is 19.3 Å². The van der Waals surface area contributed by atoms with Crippen LogP contribution >= 0.6 is 0 Å². The summed E-state index contributed by atoms with van der Waals surface area (Å²) in [6.45, 7) is 2.09. The van der Waals surface area contributed by atoms with Crippen molar-refractivity contribution in [3.63, 3.8) is 0 Å². The van der Waals surface area contributed by atoms with Gasteiger partial charge in [-0.1, -0.05) is 13.3 Å². The molecule has 0 N–H and O–H groups in total. The molecule has 0 atom stereocenters. The van der Waals surface area contributed by atoms with Crippen LogP contribution < -0.4 is 0 Å². The number of hydrogen-bond donors (Lipinski definition) is 0. The topological polar surface area (TPSA) is 34.1 Å². The highest BCUT2D eigenvalue weighted by atomic mass is 16.1. The van der Waals surface area contributed by atoms with E-state index in [9.17, 15) is 9.59 Å². The first-order valence-corrected chi connectivity index (χ1v) is 5.28. The largest absolute Gasteiger partial charge is 0.300 e. The van der Waals surface area contributed by atoms with E-state index in [4.69, 9.17) is 0 Å². The van der Waals surface area contributed by atoms with Crippen molar-refractivity contribution in [2.24, 2.45) is 5.92 Å². The van der Waals surface area contributed by atoms with Crippen LogP contribution in [0.1, 0.15) is 51.9 Å². The lowest BCUT2D eigenvalue weighted by atomic mass is 9.84. The summed E-state index contributed by atoms with van der Waals surface area (Å²) in [6, 6.07) is 0. The van der Waals surface area contributed by atoms with Gasteiger partial charge < -0.3 is 0 Å². The molecule has 0 spiro atoms. The van der Waals surface area contributed by atoms with Crippen molar-refractivity contribution in [1.29, 1.82) is 0 Å². The smallest absolute Gasteiger partial charge is 0.136 e. The van der Waals surface area contributed by atoms with E-state index in [1.54, 1.807) is 0 Å². The highest BCUT2D eigenvalue weighted by molar-refractivity contribution is 5.85. The molecule has 0 heterocycles. The first-order valence-electron chi connectivity index (χ1n) is 5.28. The number of Topliss-reactive ketones (excluding diaryl/α,β-unsaturated/α-hetero) is 2. The van der Waals surface area contributed by atoms with Crippen LogP contribution in [-0.4, -0.2) is 11.6 Å². The quantitative estimate of drug-likeness (QED) is 0.669. The summed E-state index contributed by atoms with van der Waals surface area (Å²) in [4.78, 5) is 22.5. The van der Waals surface area contributed by atoms with Gasteiger partial charge in [0.15, 0.2) is 0 Å². The van der Waals surface area contributed by atoms with E-state index >= 15 is 0 Å². The number of rotatable bonds is 4. The van der Waals surface area contributed by atoms with Crippen LogP contribution in [-0.2, 0) is 9.59 Å². The Labute approximate surface area is 79.7 Å². The van der Waals surface area contributed by atoms with Gasteiger partial charge in [0.05, 0.1) is 0 Å². The first kappa shape index (κ1) is 10.4. The molecule has 0 bridgehead atoms. The summed E-state index contributed by atoms with van der Waals surface area (Å²) in [7, 11) is 0. The molecular weight excluding hydrogens is 164 g/mol. The van der Waals surface area contributed by atoms with Gasteiger partial charge in [0, 0.05) is 25.2 Å². The van der Waals surface area contributed by atoms with E-state index < -0.39 is 0 Å². The fourth-order valence-electron chi connectivity index (χ4n) is 1.82. The number of carbonyl (C=O) groups excluding carboxylic acids is 2. The lowest BCUT2D eigenvalue weighted by Gasteiger charge is -2.19. The van der Waals surface area contributed by atoms with E-state index in [1.807, 2.05) is 0 Å². The number of hydrogen-bond acceptors (Lipinski definition) is 2. The molecule has 1 aliphatic rings. The van der Waals surface area contributed by atoms with Crippen molar-refractivity contribution in [1.82, 2.24) is 0 Å². The fourth-order valence-corrected chi connectivity index (χ4v) is 1.82. The van der Waals surface area contributed by atoms with Crippen molar-refractivity contribution in [3.05, 3.63) is 0 Å². The van der Waals surface area contributed by atoms with Gasteiger partial charge in [0.25, 0.3) is 0 Å². The number of unbranched alkanes of at least 4 members (excludes halogenated alkanes) is 1. The zero-order valence-corrected chi connectivity index (χ0v) is 8.34. The first-order chi connectivity index (χ1) is 6.24. The third kappa shape index (κ3) is 3.29. The Morgan fingerprint density at radius 2 is 2.00 bits per heavy atom. The third-order valence-corrected chi connectivity index (χ3v) is 2.78. The summed E-state index contributed by atoms with van der Waals surface area (Å²) >= 11 is 0. The molecule has 0 saturated heterocycles. The molecule has 0 aromatic carbocycles. The van der Waals surface area contributed by atoms with Crippen LogP contribution in [0.4, 0.5) is 0 Å². The molecular formula is C11H18O2. The Kier molecular flexibility index (Phi) is 4.13. The summed E-state index contributed by atoms with van der Waals surface area (Å²) in [5.74, 6) is 0.915. The van der Waals surface area contributed by atoms with Gasteiger partial charge in [0.2, 0.25) is 0 Å². The van der Waals surface area contributed by atoms with E-state index in [2.05, 4.69) is 6.92 Å². The minimum atomic E-state index is 0.198. The van der Waals surface area contributed by atoms with Crippen molar-refractivity contribution in [3.8, 4) is 0 Å². The van der Waals surface area contributed by atoms with E-state index in [0.29, 0.717) is 24.4 Å². The standard InChI is InChI=1S/C11H18O2/c1-2-3-4-11(13)9-5-7-10(12)8-6-9/h9H,2-8H2,1H3. The second kappa shape index (κ2) is 5.15. The average molecular weight is 182 g/mol. The number of carbonyl (C=O) groups is 2. The van der Waals surface area contributed by atoms with Crippen molar-refractivity contribution < 1.29 is 9.59 Å². The van der Waals surface area contributed by atoms with E-state index in [1.165, 1.54) is 0 Å². The van der Waals surface area contributed by atoms with E-state index in [0.717, 1.165) is 32.1 Å². The zero-order chi connectivity index (χ0) is 9.68. The van der Waals surface area contributed by atoms with Gasteiger partial charge in [-0.3, -0.25) is 9.59 Å². The lowest BCUT2D eigenvalue weighted by Crippen LogP contribution is -2.21. The molecule has 1 saturated carbocycles. The third-order valence-electron chi connectivity index (χ3n) is 2.78. The molecule has 74 valence electrons. The minimum absolute atomic E-state index is 0.198. The normalized spacial score (nSPS) is 19.0. The Bertz CT molecular complexity index is 186. The highest BCUT2D eigenvalue weighted by Gasteiger charge is 2.23. The molecule has 1 fully saturated rings. The van der Waals surface area contributed by atoms with Crippen LogP contribution in [0.2, 0.25) is 0 Å². The SMILES string of the molecule is CCCCC(=O)C1CCC(=O)CC1.